The fourth-order valence-electron chi connectivity index (χ4n) is 19.1. The van der Waals surface area contributed by atoms with Crippen molar-refractivity contribution in [3.05, 3.63) is 182 Å². The number of aromatic carboxylic acids is 2. The van der Waals surface area contributed by atoms with Gasteiger partial charge in [0.2, 0.25) is 40.4 Å². The molecule has 3 aromatic heterocycles. The van der Waals surface area contributed by atoms with Crippen LogP contribution in [0.15, 0.2) is 112 Å². The zero-order valence-electron chi connectivity index (χ0n) is 73.6. The number of fused-ring (bicyclic) bond motifs is 17. The fraction of sp³-hybridized carbons (Fsp3) is 0.302. The summed E-state index contributed by atoms with van der Waals surface area (Å²) in [6.07, 6.45) is -22.7. The second-order valence-corrected chi connectivity index (χ2v) is 34.1. The highest BCUT2D eigenvalue weighted by molar-refractivity contribution is 6.12. The molecule has 44 heteroatoms. The summed E-state index contributed by atoms with van der Waals surface area (Å²) in [6, 6.07) is 16.9. The summed E-state index contributed by atoms with van der Waals surface area (Å²) in [5.74, 6) is -16.3. The van der Waals surface area contributed by atoms with Crippen molar-refractivity contribution in [1.29, 1.82) is 0 Å². The fourth-order valence-corrected chi connectivity index (χ4v) is 19.1. The number of aliphatic hydroxyl groups excluding tert-OH is 8. The number of hydrogen-bond acceptors (Lipinski definition) is 39. The molecule has 0 amide bonds. The molecule has 7 heterocycles. The van der Waals surface area contributed by atoms with E-state index in [0.717, 1.165) is 6.08 Å². The first kappa shape index (κ1) is 96.0. The van der Waals surface area contributed by atoms with E-state index in [9.17, 15) is 155 Å². The van der Waals surface area contributed by atoms with E-state index in [1.165, 1.54) is 103 Å². The van der Waals surface area contributed by atoms with Crippen molar-refractivity contribution in [1.82, 2.24) is 0 Å². The third-order valence-corrected chi connectivity index (χ3v) is 25.2. The van der Waals surface area contributed by atoms with Crippen LogP contribution in [0.25, 0.3) is 99.2 Å². The topological polar surface area (TPSA) is 724 Å². The van der Waals surface area contributed by atoms with Gasteiger partial charge in [-0.15, -0.1) is 0 Å². The van der Waals surface area contributed by atoms with Crippen molar-refractivity contribution in [2.45, 2.75) is 164 Å². The number of para-hydroxylation sites is 3. The average molecular weight is 1940 g/mol. The lowest BCUT2D eigenvalue weighted by Gasteiger charge is -2.38. The number of aliphatic hydroxyl groups is 9. The molecule has 0 saturated carbocycles. The second kappa shape index (κ2) is 36.0. The summed E-state index contributed by atoms with van der Waals surface area (Å²) in [6.45, 7) is 3.90. The quantitative estimate of drug-likeness (QED) is 0.0321. The van der Waals surface area contributed by atoms with Crippen molar-refractivity contribution in [3.63, 3.8) is 0 Å². The van der Waals surface area contributed by atoms with Gasteiger partial charge in [0.25, 0.3) is 6.29 Å². The van der Waals surface area contributed by atoms with E-state index in [0.29, 0.717) is 27.8 Å². The number of carbonyl (C=O) groups is 8. The zero-order valence-corrected chi connectivity index (χ0v) is 73.6. The molecule has 14 atom stereocenters. The van der Waals surface area contributed by atoms with Gasteiger partial charge < -0.3 is 163 Å². The minimum absolute atomic E-state index is 0.0151. The molecule has 0 unspecified atom stereocenters. The molecular formula is C96H82O44. The van der Waals surface area contributed by atoms with Crippen LogP contribution in [-0.4, -0.2) is 257 Å². The van der Waals surface area contributed by atoms with Crippen molar-refractivity contribution in [2.24, 2.45) is 0 Å². The van der Waals surface area contributed by atoms with Crippen LogP contribution in [0.1, 0.15) is 102 Å². The van der Waals surface area contributed by atoms with Gasteiger partial charge in [0, 0.05) is 76.3 Å². The van der Waals surface area contributed by atoms with E-state index in [1.54, 1.807) is 12.1 Å². The van der Waals surface area contributed by atoms with Gasteiger partial charge in [-0.25, -0.2) is 28.8 Å². The van der Waals surface area contributed by atoms with Crippen molar-refractivity contribution in [2.75, 3.05) is 21.3 Å². The Hall–Kier alpha value is -15.8. The minimum Gasteiger partial charge on any atom is -0.506 e. The maximum absolute atomic E-state index is 14.2. The molecule has 9 aromatic carbocycles. The molecule has 2 fully saturated rings. The molecule has 7 aliphatic rings. The molecule has 20 N–H and O–H groups in total. The van der Waals surface area contributed by atoms with Crippen molar-refractivity contribution >= 4 is 113 Å². The van der Waals surface area contributed by atoms with E-state index in [4.69, 9.17) is 60.6 Å². The Kier molecular flexibility index (Phi) is 24.7. The lowest BCUT2D eigenvalue weighted by molar-refractivity contribution is -0.271. The zero-order chi connectivity index (χ0) is 101. The van der Waals surface area contributed by atoms with Crippen LogP contribution >= 0.6 is 0 Å². The van der Waals surface area contributed by atoms with E-state index >= 15 is 0 Å². The van der Waals surface area contributed by atoms with Gasteiger partial charge in [0.1, 0.15) is 116 Å². The smallest absolute Gasteiger partial charge is 0.371 e. The predicted molar refractivity (Wildman–Crippen MR) is 474 cm³/mol. The first-order valence-electron chi connectivity index (χ1n) is 42.7. The number of phenolic OH excluding ortho intramolecular Hbond substituents is 4. The van der Waals surface area contributed by atoms with Crippen LogP contribution in [0.4, 0.5) is 0 Å². The average Bonchev–Trinajstić information content (AvgIpc) is 0.715. The van der Waals surface area contributed by atoms with E-state index in [1.807, 2.05) is 0 Å². The number of benzene rings is 9. The van der Waals surface area contributed by atoms with Crippen LogP contribution in [0.5, 0.6) is 69.0 Å². The summed E-state index contributed by atoms with van der Waals surface area (Å²) in [4.78, 5) is 138. The Labute approximate surface area is 781 Å². The number of phenols is 6. The number of esters is 1. The van der Waals surface area contributed by atoms with Gasteiger partial charge in [0.05, 0.1) is 37.5 Å². The Morgan fingerprint density at radius 1 is 0.400 bits per heavy atom. The Morgan fingerprint density at radius 3 is 1.25 bits per heavy atom. The van der Waals surface area contributed by atoms with Crippen LogP contribution in [-0.2, 0) is 101 Å². The molecule has 0 spiro atoms. The van der Waals surface area contributed by atoms with Crippen LogP contribution < -0.4 is 44.7 Å². The third-order valence-electron chi connectivity index (χ3n) is 25.2. The second-order valence-electron chi connectivity index (χ2n) is 34.1. The number of cyclic esters (lactones) is 1. The van der Waals surface area contributed by atoms with Gasteiger partial charge in [0.15, 0.2) is 92.1 Å². The van der Waals surface area contributed by atoms with Gasteiger partial charge >= 0.3 is 35.8 Å². The number of aliphatic carboxylic acids is 3. The van der Waals surface area contributed by atoms with Crippen LogP contribution in [0.3, 0.4) is 0 Å². The largest absolute Gasteiger partial charge is 0.506 e. The number of carboxylic acid groups (broad SMARTS) is 5. The van der Waals surface area contributed by atoms with Crippen LogP contribution in [0, 0.1) is 0 Å². The monoisotopic (exact) mass is 1940 g/mol. The summed E-state index contributed by atoms with van der Waals surface area (Å²) in [7, 11) is 3.89. The van der Waals surface area contributed by atoms with E-state index < -0.39 is 195 Å². The van der Waals surface area contributed by atoms with E-state index in [-0.39, 0.29) is 225 Å². The third kappa shape index (κ3) is 15.8. The molecular weight excluding hydrogens is 1860 g/mol. The molecule has 140 heavy (non-hydrogen) atoms. The number of methoxy groups -OCH3 is 3. The van der Waals surface area contributed by atoms with Crippen LogP contribution in [0.2, 0.25) is 0 Å². The molecule has 730 valence electrons. The number of ketones is 2. The first-order valence-corrected chi connectivity index (χ1v) is 42.7. The maximum Gasteiger partial charge on any atom is 0.371 e. The number of hydrogen-bond donors (Lipinski definition) is 20. The summed E-state index contributed by atoms with van der Waals surface area (Å²) >= 11 is 0. The van der Waals surface area contributed by atoms with E-state index in [2.05, 4.69) is 0 Å². The molecule has 12 aromatic rings. The number of aryl methyl sites for hydroxylation is 3. The molecule has 19 rings (SSSR count). The van der Waals surface area contributed by atoms with Gasteiger partial charge in [-0.05, 0) is 128 Å². The lowest BCUT2D eigenvalue weighted by Crippen LogP contribution is -2.61. The van der Waals surface area contributed by atoms with Crippen molar-refractivity contribution < 1.29 is 201 Å². The van der Waals surface area contributed by atoms with Crippen molar-refractivity contribution in [3.8, 4) is 102 Å². The summed E-state index contributed by atoms with van der Waals surface area (Å²) < 4.78 is 73.6. The first-order chi connectivity index (χ1) is 66.3. The standard InChI is InChI=1S/C33H30O15.C32H28O15.C31H24O14/c1-11(34)9-13-10-12-7-8-14-19(17(12)22(36)18(13)31(40)41)28(45-3)20-21(35)15-5-4-6-16(26(15)47-29(20)27(14)44-2)46-33-25(39)23(37)24(38)30(48-33)32(42)43;1-10(33)8-12-9-11-6-7-13-18(16(11)21(35)17(12)30(40)41)22(36)19-20(34)14-4-3-5-15(26(14)46-28(19)27(13)44-2)45-32-25(39)23(37)24(38)29(47-32)31(42)43;1-31(41)9-11-7-10-5-6-12-19(17(10)24(36)18(11)29(40)45-31)27-20(25(37)22(12)34)21(33)13-3-2-4-15(26(13)44-27)42-30-23(35)14(32)8-16(43-30)28(38)39/h4-6,10,23-25,30,33,36-39H,7-9H2,1-3H3,(H,40,41)(H,42,43);3-5,9,23-25,29,32,35-39H,6-8H2,1-2H3,(H,40,41)(H,42,43);2-4,7-8,14,23,30,32,34-37,41H,5-6,9H2,1H3,(H,38,39)/t23-,24-,25+,30-,33+;23-,24-,25+,29-,32+;14-,23+,30+,31-/m000/s1. The molecule has 2 saturated heterocycles. The molecule has 3 aliphatic carbocycles. The van der Waals surface area contributed by atoms with Gasteiger partial charge in [-0.3, -0.25) is 24.0 Å². The normalized spacial score (nSPS) is 22.5. The predicted octanol–water partition coefficient (Wildman–Crippen LogP) is 4.44. The number of aromatic hydroxyl groups is 6. The number of ether oxygens (including phenoxy) is 10. The SMILES string of the molecule is COc1c2c(c(O)c3c(=O)c4cccc(O[C@@H]5O[C@H](C(=O)O)[C@@H](O)[C@H](O)[C@H]5O)c4oc13)-c1c(cc(CC(C)=O)c(C(=O)O)c1O)CC2.COc1c2c(c(OC)c3c(=O)c4cccc(O[C@@H]5O[C@H](C(=O)O)[C@@H](O)[C@H](O)[C@H]5O)c4oc13)-c1c(cc(CC(C)=O)c(C(=O)O)c1O)CC2.C[C@@]1(O)Cc2cc3c(c(O)c2C(=O)O1)-c1c(c(O)c(O)c2c(=O)c4cccc(O[C@@H]5OC(C(=O)O)=C[C@H](O)[C@H]5O)c4oc12)CC3. The molecule has 4 aliphatic heterocycles. The molecule has 0 radical (unpaired) electrons. The highest BCUT2D eigenvalue weighted by Crippen LogP contribution is 2.58. The minimum atomic E-state index is -1.97. The number of carboxylic acids is 5. The number of Topliss-reactive ketones (excluding diaryl/α,β-unsaturated/α-hetero) is 2. The summed E-state index contributed by atoms with van der Waals surface area (Å²) in [5, 5.41) is 207. The number of rotatable bonds is 18. The van der Waals surface area contributed by atoms with Gasteiger partial charge in [-0.1, -0.05) is 36.4 Å². The highest BCUT2D eigenvalue weighted by Gasteiger charge is 2.52. The lowest BCUT2D eigenvalue weighted by atomic mass is 9.79. The maximum atomic E-state index is 14.2. The molecule has 44 nitrogen and oxygen atoms in total. The Balaban J connectivity index is 0.000000145. The van der Waals surface area contributed by atoms with Gasteiger partial charge in [-0.2, -0.15) is 0 Å². The Morgan fingerprint density at radius 2 is 0.807 bits per heavy atom. The Bertz CT molecular complexity index is 7640. The summed E-state index contributed by atoms with van der Waals surface area (Å²) in [5.41, 5.74) is -1.58. The molecule has 0 bridgehead atoms. The number of carbonyl (C=O) groups excluding carboxylic acids is 3. The highest BCUT2D eigenvalue weighted by atomic mass is 16.7.